The summed E-state index contributed by atoms with van der Waals surface area (Å²) in [4.78, 5) is 78.7. The van der Waals surface area contributed by atoms with E-state index in [2.05, 4.69) is 42.2 Å². The van der Waals surface area contributed by atoms with Crippen molar-refractivity contribution >= 4 is 35.5 Å². The normalized spacial score (nSPS) is 21.4. The number of rotatable bonds is 8. The predicted molar refractivity (Wildman–Crippen MR) is 187 cm³/mol. The van der Waals surface area contributed by atoms with Crippen LogP contribution in [0, 0.1) is 0 Å². The highest BCUT2D eigenvalue weighted by Crippen LogP contribution is 2.15. The Bertz CT molecular complexity index is 1720. The summed E-state index contributed by atoms with van der Waals surface area (Å²) in [5.41, 5.74) is 1.76. The van der Waals surface area contributed by atoms with Gasteiger partial charge in [-0.3, -0.25) is 28.8 Å². The van der Waals surface area contributed by atoms with Crippen molar-refractivity contribution in [3.63, 3.8) is 0 Å². The average molecular weight is 720 g/mol. The van der Waals surface area contributed by atoms with E-state index in [1.54, 1.807) is 74.8 Å². The first-order chi connectivity index (χ1) is 24.8. The fourth-order valence-electron chi connectivity index (χ4n) is 5.19. The molecule has 278 valence electrons. The molecule has 6 unspecified atom stereocenters. The minimum Gasteiger partial charge on any atom is -0.492 e. The number of nitrogens with zero attached hydrogens (tertiary/aromatic N) is 3. The number of carbonyl (C=O) groups is 6. The number of amides is 5. The molecule has 4 bridgehead atoms. The molecule has 17 nitrogen and oxygen atoms in total. The zero-order valence-corrected chi connectivity index (χ0v) is 29.4. The molecule has 6 atom stereocenters. The molecule has 0 saturated carbocycles. The van der Waals surface area contributed by atoms with Gasteiger partial charge in [0.1, 0.15) is 42.6 Å². The molecule has 52 heavy (non-hydrogen) atoms. The van der Waals surface area contributed by atoms with Gasteiger partial charge < -0.3 is 41.7 Å². The van der Waals surface area contributed by atoms with Crippen LogP contribution < -0.4 is 36.6 Å². The maximum absolute atomic E-state index is 13.9. The van der Waals surface area contributed by atoms with Crippen LogP contribution in [0.2, 0.25) is 0 Å². The molecule has 0 aliphatic carbocycles. The molecule has 2 aliphatic heterocycles. The topological polar surface area (TPSA) is 235 Å². The van der Waals surface area contributed by atoms with Crippen molar-refractivity contribution in [3.8, 4) is 5.75 Å². The third-order valence-electron chi connectivity index (χ3n) is 8.44. The Morgan fingerprint density at radius 3 is 2.33 bits per heavy atom. The van der Waals surface area contributed by atoms with Crippen molar-refractivity contribution < 1.29 is 38.6 Å². The lowest BCUT2D eigenvalue weighted by molar-refractivity contribution is -0.141. The summed E-state index contributed by atoms with van der Waals surface area (Å²) in [6.45, 7) is 4.89. The first kappa shape index (κ1) is 39.0. The van der Waals surface area contributed by atoms with Gasteiger partial charge >= 0.3 is 5.97 Å². The van der Waals surface area contributed by atoms with Crippen molar-refractivity contribution in [3.05, 3.63) is 77.6 Å². The Morgan fingerprint density at radius 2 is 1.65 bits per heavy atom. The van der Waals surface area contributed by atoms with Gasteiger partial charge in [-0.2, -0.15) is 0 Å². The van der Waals surface area contributed by atoms with Crippen molar-refractivity contribution in [1.82, 2.24) is 46.9 Å². The van der Waals surface area contributed by atoms with E-state index in [-0.39, 0.29) is 25.9 Å². The van der Waals surface area contributed by atoms with Crippen LogP contribution in [0.4, 0.5) is 0 Å². The molecule has 5 rings (SSSR count). The second-order valence-electron chi connectivity index (χ2n) is 12.6. The molecule has 1 aromatic heterocycles. The molecule has 0 fully saturated rings. The summed E-state index contributed by atoms with van der Waals surface area (Å²) >= 11 is 0. The third kappa shape index (κ3) is 11.3. The van der Waals surface area contributed by atoms with E-state index in [1.165, 1.54) is 18.5 Å². The molecule has 5 amide bonds. The van der Waals surface area contributed by atoms with Crippen molar-refractivity contribution in [2.75, 3.05) is 13.7 Å². The van der Waals surface area contributed by atoms with Gasteiger partial charge in [-0.1, -0.05) is 47.7 Å². The van der Waals surface area contributed by atoms with Gasteiger partial charge in [0.2, 0.25) is 29.5 Å². The summed E-state index contributed by atoms with van der Waals surface area (Å²) in [5.74, 6) is -4.02. The van der Waals surface area contributed by atoms with Gasteiger partial charge in [-0.25, -0.2) is 4.68 Å². The van der Waals surface area contributed by atoms with Gasteiger partial charge in [-0.05, 0) is 51.1 Å². The SMILES string of the molecule is CNC(C)C(=O)NC1Cc2cn(nn2)CCOc2ccc(cc2)CC(C(=O)NC(C)C(=O)O)NC(=O)C(Cc2ccccc2)NC(=O)C(C)NC1=O. The lowest BCUT2D eigenvalue weighted by Gasteiger charge is -2.26. The number of carboxylic acid groups (broad SMARTS) is 1. The van der Waals surface area contributed by atoms with Crippen LogP contribution in [0.25, 0.3) is 0 Å². The van der Waals surface area contributed by atoms with E-state index < -0.39 is 71.8 Å². The van der Waals surface area contributed by atoms with Crippen LogP contribution in [0.15, 0.2) is 60.8 Å². The molecule has 3 heterocycles. The summed E-state index contributed by atoms with van der Waals surface area (Å²) in [6, 6.07) is 9.11. The van der Waals surface area contributed by atoms with Gasteiger partial charge in [0.25, 0.3) is 0 Å². The highest BCUT2D eigenvalue weighted by molar-refractivity contribution is 5.96. The molecule has 17 heteroatoms. The molecule has 3 aromatic rings. The molecule has 7 N–H and O–H groups in total. The van der Waals surface area contributed by atoms with Crippen molar-refractivity contribution in [2.45, 2.75) is 82.8 Å². The van der Waals surface area contributed by atoms with E-state index in [1.807, 2.05) is 0 Å². The fourth-order valence-corrected chi connectivity index (χ4v) is 5.19. The van der Waals surface area contributed by atoms with E-state index in [0.29, 0.717) is 29.1 Å². The number of aliphatic carboxylic acids is 1. The standard InChI is InChI=1S/C35H45N9O8/c1-20(36-4)30(45)40-29-18-25-19-44(43-42-25)14-15-52-26-12-10-24(11-13-26)17-27(32(47)38-22(3)35(50)51)41-34(49)28(16-23-8-6-5-7-9-23)39-31(46)21(2)37-33(29)48/h5-13,19-22,27-29,36H,14-18H2,1-4H3,(H,37,48)(H,38,47)(H,39,46)(H,40,45)(H,41,49)(H,50,51). The van der Waals surface area contributed by atoms with Crippen molar-refractivity contribution in [2.24, 2.45) is 0 Å². The molecule has 0 spiro atoms. The van der Waals surface area contributed by atoms with Crippen LogP contribution in [0.3, 0.4) is 0 Å². The summed E-state index contributed by atoms with van der Waals surface area (Å²) in [6.07, 6.45) is 1.62. The second kappa shape index (κ2) is 18.4. The van der Waals surface area contributed by atoms with Crippen LogP contribution in [0.1, 0.15) is 37.6 Å². The monoisotopic (exact) mass is 719 g/mol. The van der Waals surface area contributed by atoms with E-state index >= 15 is 0 Å². The number of ether oxygens (including phenoxy) is 1. The Kier molecular flexibility index (Phi) is 13.8. The molecular weight excluding hydrogens is 674 g/mol. The zero-order valence-electron chi connectivity index (χ0n) is 29.4. The first-order valence-electron chi connectivity index (χ1n) is 16.9. The fraction of sp³-hybridized carbons (Fsp3) is 0.429. The molecule has 2 aliphatic rings. The largest absolute Gasteiger partial charge is 0.492 e. The lowest BCUT2D eigenvalue weighted by Crippen LogP contribution is -2.59. The number of aromatic nitrogens is 3. The maximum Gasteiger partial charge on any atom is 0.325 e. The summed E-state index contributed by atoms with van der Waals surface area (Å²) in [5, 5.41) is 33.6. The quantitative estimate of drug-likeness (QED) is 0.137. The lowest BCUT2D eigenvalue weighted by atomic mass is 10.0. The Morgan fingerprint density at radius 1 is 0.942 bits per heavy atom. The highest BCUT2D eigenvalue weighted by Gasteiger charge is 2.32. The van der Waals surface area contributed by atoms with E-state index in [4.69, 9.17) is 4.74 Å². The number of benzene rings is 2. The van der Waals surface area contributed by atoms with Gasteiger partial charge in [0.15, 0.2) is 0 Å². The zero-order chi connectivity index (χ0) is 37.8. The molecule has 0 saturated heterocycles. The van der Waals surface area contributed by atoms with Gasteiger partial charge in [-0.15, -0.1) is 5.10 Å². The van der Waals surface area contributed by atoms with E-state index in [0.717, 1.165) is 0 Å². The van der Waals surface area contributed by atoms with E-state index in [9.17, 15) is 33.9 Å². The number of hydrogen-bond donors (Lipinski definition) is 7. The average Bonchev–Trinajstić information content (AvgIpc) is 3.57. The number of likely N-dealkylation sites (N-methyl/N-ethyl adjacent to an activating group) is 1. The minimum atomic E-state index is -1.26. The minimum absolute atomic E-state index is 0.0103. The third-order valence-corrected chi connectivity index (χ3v) is 8.44. The molecule has 0 radical (unpaired) electrons. The maximum atomic E-state index is 13.9. The molecular formula is C35H45N9O8. The number of fused-ring (bicyclic) bond motifs is 15. The number of nitrogens with one attached hydrogen (secondary N) is 6. The summed E-state index contributed by atoms with van der Waals surface area (Å²) in [7, 11) is 1.60. The number of carboxylic acids is 1. The van der Waals surface area contributed by atoms with Crippen molar-refractivity contribution in [1.29, 1.82) is 0 Å². The predicted octanol–water partition coefficient (Wildman–Crippen LogP) is -1.15. The second-order valence-corrected chi connectivity index (χ2v) is 12.6. The Hall–Kier alpha value is -5.84. The number of hydrogen-bond acceptors (Lipinski definition) is 10. The smallest absolute Gasteiger partial charge is 0.325 e. The van der Waals surface area contributed by atoms with Gasteiger partial charge in [0, 0.05) is 25.5 Å². The van der Waals surface area contributed by atoms with Crippen LogP contribution in [-0.2, 0) is 54.6 Å². The highest BCUT2D eigenvalue weighted by atomic mass is 16.5. The van der Waals surface area contributed by atoms with Crippen LogP contribution >= 0.6 is 0 Å². The Balaban J connectivity index is 1.67. The van der Waals surface area contributed by atoms with Crippen LogP contribution in [-0.4, -0.2) is 106 Å². The first-order valence-corrected chi connectivity index (χ1v) is 16.9. The summed E-state index contributed by atoms with van der Waals surface area (Å²) < 4.78 is 7.40. The van der Waals surface area contributed by atoms with Gasteiger partial charge in [0.05, 0.1) is 18.3 Å². The number of carbonyl (C=O) groups excluding carboxylic acids is 5. The van der Waals surface area contributed by atoms with Crippen LogP contribution in [0.5, 0.6) is 5.75 Å². The molecule has 2 aromatic carbocycles. The Labute approximate surface area is 300 Å².